The first kappa shape index (κ1) is 34.3. The molecule has 4 atom stereocenters. The minimum atomic E-state index is -0.408. The fourth-order valence-corrected chi connectivity index (χ4v) is 6.94. The molecule has 1 aromatic heterocycles. The number of ether oxygens (including phenoxy) is 1. The van der Waals surface area contributed by atoms with E-state index in [2.05, 4.69) is 61.2 Å². The molecule has 2 aromatic carbocycles. The molecule has 0 radical (unpaired) electrons. The van der Waals surface area contributed by atoms with Gasteiger partial charge in [0.25, 0.3) is 5.91 Å². The van der Waals surface area contributed by atoms with Crippen molar-refractivity contribution in [3.63, 3.8) is 0 Å². The van der Waals surface area contributed by atoms with Gasteiger partial charge in [0.05, 0.1) is 49.2 Å². The highest BCUT2D eigenvalue weighted by Gasteiger charge is 2.38. The maximum Gasteiger partial charge on any atom is 0.251 e. The molecule has 3 fully saturated rings. The highest BCUT2D eigenvalue weighted by molar-refractivity contribution is 5.96. The number of aromatic amines is 1. The number of nitriles is 1. The molecule has 0 spiro atoms. The molecule has 49 heavy (non-hydrogen) atoms. The summed E-state index contributed by atoms with van der Waals surface area (Å²) in [5, 5.41) is 18.4. The monoisotopic (exact) mass is 666 g/mol. The Balaban J connectivity index is 1.05. The topological polar surface area (TPSA) is 155 Å². The number of H-pyrrole nitrogens is 1. The molecule has 3 saturated heterocycles. The highest BCUT2D eigenvalue weighted by atomic mass is 16.5. The van der Waals surface area contributed by atoms with Crippen molar-refractivity contribution < 1.29 is 19.1 Å². The number of imidazole rings is 1. The van der Waals surface area contributed by atoms with Crippen LogP contribution in [-0.4, -0.2) is 102 Å². The molecule has 0 saturated carbocycles. The molecule has 4 N–H and O–H groups in total. The van der Waals surface area contributed by atoms with Crippen molar-refractivity contribution in [2.24, 2.45) is 11.8 Å². The molecule has 12 nitrogen and oxygen atoms in total. The number of rotatable bonds is 10. The van der Waals surface area contributed by atoms with E-state index in [-0.39, 0.29) is 48.2 Å². The molecule has 3 amide bonds. The lowest BCUT2D eigenvalue weighted by Gasteiger charge is -2.26. The standard InChI is InChI=1S/C37H46N8O4/c1-23(2)37(48)45-22-29(42-36(47)32-15-26(17-38)18-39-32)16-30(45)19-41-35(46)31-9-8-28(14-24(31)3)33-20-40-34(43-33)27-6-4-25(5-7-27)21-44-10-12-49-13-11-44/h4-9,14,20,23,26,29-30,32,39H,10-13,15-16,18-19,21-22H2,1-3H3,(H,40,43)(H,41,46)(H,42,47)/t26-,29-,30-,32+/m1/s1. The predicted octanol–water partition coefficient (Wildman–Crippen LogP) is 2.86. The number of morpholine rings is 1. The minimum absolute atomic E-state index is 0.0112. The van der Waals surface area contributed by atoms with Gasteiger partial charge in [-0.25, -0.2) is 4.98 Å². The smallest absolute Gasteiger partial charge is 0.251 e. The third kappa shape index (κ3) is 8.19. The highest BCUT2D eigenvalue weighted by Crippen LogP contribution is 2.26. The number of aryl methyl sites for hydroxylation is 1. The third-order valence-corrected chi connectivity index (χ3v) is 9.76. The lowest BCUT2D eigenvalue weighted by atomic mass is 10.0. The average molecular weight is 667 g/mol. The maximum absolute atomic E-state index is 13.4. The summed E-state index contributed by atoms with van der Waals surface area (Å²) in [5.74, 6) is 0.0196. The second kappa shape index (κ2) is 15.3. The minimum Gasteiger partial charge on any atom is -0.379 e. The summed E-state index contributed by atoms with van der Waals surface area (Å²) in [6, 6.07) is 15.5. The number of hydrogen-bond donors (Lipinski definition) is 4. The summed E-state index contributed by atoms with van der Waals surface area (Å²) in [7, 11) is 0. The van der Waals surface area contributed by atoms with E-state index in [9.17, 15) is 19.6 Å². The van der Waals surface area contributed by atoms with E-state index in [0.29, 0.717) is 31.5 Å². The molecule has 258 valence electrons. The van der Waals surface area contributed by atoms with Gasteiger partial charge in [-0.3, -0.25) is 19.3 Å². The van der Waals surface area contributed by atoms with Gasteiger partial charge in [0.1, 0.15) is 5.82 Å². The molecule has 0 bridgehead atoms. The Bertz CT molecular complexity index is 1690. The number of amides is 3. The van der Waals surface area contributed by atoms with Crippen molar-refractivity contribution in [2.75, 3.05) is 45.9 Å². The average Bonchev–Trinajstić information content (AvgIpc) is 3.88. The Morgan fingerprint density at radius 1 is 1.08 bits per heavy atom. The Kier molecular flexibility index (Phi) is 10.7. The van der Waals surface area contributed by atoms with Crippen LogP contribution in [0.1, 0.15) is 48.2 Å². The molecular weight excluding hydrogens is 620 g/mol. The van der Waals surface area contributed by atoms with Crippen LogP contribution in [0.15, 0.2) is 48.7 Å². The van der Waals surface area contributed by atoms with Crippen molar-refractivity contribution in [1.82, 2.24) is 35.7 Å². The van der Waals surface area contributed by atoms with Gasteiger partial charge in [-0.15, -0.1) is 0 Å². The third-order valence-electron chi connectivity index (χ3n) is 9.76. The van der Waals surface area contributed by atoms with Gasteiger partial charge in [-0.1, -0.05) is 44.2 Å². The van der Waals surface area contributed by atoms with E-state index < -0.39 is 6.04 Å². The van der Waals surface area contributed by atoms with E-state index in [4.69, 9.17) is 4.74 Å². The van der Waals surface area contributed by atoms with Crippen LogP contribution in [0.25, 0.3) is 22.6 Å². The van der Waals surface area contributed by atoms with Crippen molar-refractivity contribution >= 4 is 17.7 Å². The normalized spacial score (nSPS) is 22.6. The summed E-state index contributed by atoms with van der Waals surface area (Å²) >= 11 is 0. The van der Waals surface area contributed by atoms with E-state index in [1.54, 1.807) is 4.90 Å². The number of nitrogens with zero attached hydrogens (tertiary/aromatic N) is 4. The predicted molar refractivity (Wildman–Crippen MR) is 185 cm³/mol. The summed E-state index contributed by atoms with van der Waals surface area (Å²) < 4.78 is 5.45. The number of likely N-dealkylation sites (tertiary alicyclic amines) is 1. The van der Waals surface area contributed by atoms with E-state index in [1.807, 2.05) is 45.2 Å². The summed E-state index contributed by atoms with van der Waals surface area (Å²) in [5.41, 5.74) is 5.44. The van der Waals surface area contributed by atoms with Crippen LogP contribution in [0.4, 0.5) is 0 Å². The van der Waals surface area contributed by atoms with Gasteiger partial charge in [0, 0.05) is 62.4 Å². The molecule has 0 aliphatic carbocycles. The van der Waals surface area contributed by atoms with Crippen LogP contribution in [0.5, 0.6) is 0 Å². The lowest BCUT2D eigenvalue weighted by molar-refractivity contribution is -0.135. The van der Waals surface area contributed by atoms with E-state index >= 15 is 0 Å². The van der Waals surface area contributed by atoms with Crippen molar-refractivity contribution in [1.29, 1.82) is 5.26 Å². The zero-order chi connectivity index (χ0) is 34.5. The SMILES string of the molecule is Cc1cc(-c2cnc(-c3ccc(CN4CCOCC4)cc3)[nH]2)ccc1C(=O)NC[C@H]1C[C@@H](NC(=O)[C@@H]2C[C@H](C#N)CN2)CN1C(=O)C(C)C. The van der Waals surface area contributed by atoms with Crippen molar-refractivity contribution in [3.05, 3.63) is 65.4 Å². The zero-order valence-corrected chi connectivity index (χ0v) is 28.5. The summed E-state index contributed by atoms with van der Waals surface area (Å²) in [6.45, 7) is 11.2. The second-order valence-electron chi connectivity index (χ2n) is 13.7. The number of hydrogen-bond acceptors (Lipinski definition) is 8. The number of carbonyl (C=O) groups excluding carboxylic acids is 3. The molecule has 4 heterocycles. The number of benzene rings is 2. The van der Waals surface area contributed by atoms with Crippen molar-refractivity contribution in [3.8, 4) is 28.7 Å². The zero-order valence-electron chi connectivity index (χ0n) is 28.5. The van der Waals surface area contributed by atoms with Gasteiger partial charge in [0.2, 0.25) is 11.8 Å². The van der Waals surface area contributed by atoms with Crippen LogP contribution in [0.3, 0.4) is 0 Å². The van der Waals surface area contributed by atoms with Crippen LogP contribution < -0.4 is 16.0 Å². The Morgan fingerprint density at radius 2 is 1.84 bits per heavy atom. The fourth-order valence-electron chi connectivity index (χ4n) is 6.94. The molecule has 3 aliphatic heterocycles. The Labute approximate surface area is 287 Å². The molecule has 12 heteroatoms. The van der Waals surface area contributed by atoms with E-state index in [0.717, 1.165) is 61.1 Å². The molecule has 0 unspecified atom stereocenters. The lowest BCUT2D eigenvalue weighted by Crippen LogP contribution is -2.47. The van der Waals surface area contributed by atoms with Gasteiger partial charge in [0.15, 0.2) is 0 Å². The summed E-state index contributed by atoms with van der Waals surface area (Å²) in [4.78, 5) is 51.5. The Morgan fingerprint density at radius 3 is 2.53 bits per heavy atom. The van der Waals surface area contributed by atoms with Gasteiger partial charge in [-0.2, -0.15) is 5.26 Å². The number of carbonyl (C=O) groups is 3. The first-order chi connectivity index (χ1) is 23.7. The van der Waals surface area contributed by atoms with Crippen LogP contribution in [0, 0.1) is 30.1 Å². The van der Waals surface area contributed by atoms with Gasteiger partial charge in [-0.05, 0) is 48.6 Å². The second-order valence-corrected chi connectivity index (χ2v) is 13.7. The molecular formula is C37H46N8O4. The molecule has 6 rings (SSSR count). The largest absolute Gasteiger partial charge is 0.379 e. The van der Waals surface area contributed by atoms with E-state index in [1.165, 1.54) is 5.56 Å². The summed E-state index contributed by atoms with van der Waals surface area (Å²) in [6.07, 6.45) is 2.83. The first-order valence-corrected chi connectivity index (χ1v) is 17.3. The van der Waals surface area contributed by atoms with Crippen LogP contribution in [0.2, 0.25) is 0 Å². The molecule has 3 aromatic rings. The van der Waals surface area contributed by atoms with Gasteiger partial charge >= 0.3 is 0 Å². The maximum atomic E-state index is 13.4. The first-order valence-electron chi connectivity index (χ1n) is 17.3. The quantitative estimate of drug-likeness (QED) is 0.258. The van der Waals surface area contributed by atoms with Crippen LogP contribution in [-0.2, 0) is 20.9 Å². The van der Waals surface area contributed by atoms with Crippen LogP contribution >= 0.6 is 0 Å². The number of nitrogens with one attached hydrogen (secondary N) is 4. The Hall–Kier alpha value is -4.57. The number of aromatic nitrogens is 2. The van der Waals surface area contributed by atoms with Gasteiger partial charge < -0.3 is 30.6 Å². The molecule has 3 aliphatic rings. The fraction of sp³-hybridized carbons (Fsp3) is 0.486. The van der Waals surface area contributed by atoms with Crippen molar-refractivity contribution in [2.45, 2.75) is 58.3 Å².